The highest BCUT2D eigenvalue weighted by atomic mass is 16.5. The van der Waals surface area contributed by atoms with E-state index in [0.717, 1.165) is 0 Å². The number of carbonyl (C=O) groups excluding carboxylic acids is 1. The van der Waals surface area contributed by atoms with Gasteiger partial charge in [0.1, 0.15) is 11.4 Å². The molecule has 2 unspecified atom stereocenters. The Labute approximate surface area is 174 Å². The Balaban J connectivity index is 1.86. The molecule has 1 aromatic heterocycles. The van der Waals surface area contributed by atoms with Crippen molar-refractivity contribution in [3.8, 4) is 17.1 Å². The number of fused-ring (bicyclic) bond motifs is 1. The molecule has 3 heterocycles. The monoisotopic (exact) mass is 414 g/mol. The lowest BCUT2D eigenvalue weighted by molar-refractivity contribution is 0.0226. The van der Waals surface area contributed by atoms with Crippen LogP contribution in [0.5, 0.6) is 5.75 Å². The number of carboxylic acid groups (broad SMARTS) is 1. The second-order valence-corrected chi connectivity index (χ2v) is 8.87. The third-order valence-corrected chi connectivity index (χ3v) is 6.09. The summed E-state index contributed by atoms with van der Waals surface area (Å²) in [6, 6.07) is 3.05. The molecule has 4 rings (SSSR count). The molecule has 2 N–H and O–H groups in total. The number of ether oxygens (including phenoxy) is 1. The predicted octanol–water partition coefficient (Wildman–Crippen LogP) is 3.34. The van der Waals surface area contributed by atoms with Gasteiger partial charge >= 0.3 is 6.09 Å². The van der Waals surface area contributed by atoms with Gasteiger partial charge in [-0.05, 0) is 11.5 Å². The molecule has 9 heteroatoms. The molecule has 0 radical (unpaired) electrons. The first-order valence-electron chi connectivity index (χ1n) is 9.77. The van der Waals surface area contributed by atoms with E-state index in [1.54, 1.807) is 37.4 Å². The van der Waals surface area contributed by atoms with Gasteiger partial charge in [-0.15, -0.1) is 0 Å². The zero-order chi connectivity index (χ0) is 21.8. The minimum atomic E-state index is -0.988. The second-order valence-electron chi connectivity index (χ2n) is 8.87. The van der Waals surface area contributed by atoms with E-state index in [4.69, 9.17) is 9.15 Å². The fourth-order valence-corrected chi connectivity index (χ4v) is 4.94. The number of aromatic nitrogens is 1. The molecule has 0 saturated carbocycles. The van der Waals surface area contributed by atoms with E-state index >= 15 is 0 Å². The van der Waals surface area contributed by atoms with E-state index in [9.17, 15) is 14.7 Å². The van der Waals surface area contributed by atoms with Crippen LogP contribution in [0.25, 0.3) is 11.3 Å². The van der Waals surface area contributed by atoms with Crippen molar-refractivity contribution < 1.29 is 23.8 Å². The number of hydrogen-bond donors (Lipinski definition) is 2. The van der Waals surface area contributed by atoms with E-state index in [-0.39, 0.29) is 5.91 Å². The number of rotatable bonds is 2. The third kappa shape index (κ3) is 2.79. The van der Waals surface area contributed by atoms with Crippen LogP contribution in [0.4, 0.5) is 10.5 Å². The minimum Gasteiger partial charge on any atom is -0.496 e. The molecule has 30 heavy (non-hydrogen) atoms. The summed E-state index contributed by atoms with van der Waals surface area (Å²) >= 11 is 0. The van der Waals surface area contributed by atoms with Crippen molar-refractivity contribution in [2.24, 2.45) is 5.41 Å². The van der Waals surface area contributed by atoms with Gasteiger partial charge in [0.25, 0.3) is 5.91 Å². The fraction of sp³-hybridized carbons (Fsp3) is 0.476. The van der Waals surface area contributed by atoms with Crippen LogP contribution in [0.2, 0.25) is 0 Å². The molecule has 2 aliphatic rings. The fourth-order valence-electron chi connectivity index (χ4n) is 4.94. The number of anilines is 1. The minimum absolute atomic E-state index is 0.186. The summed E-state index contributed by atoms with van der Waals surface area (Å²) in [5, 5.41) is 13.3. The largest absolute Gasteiger partial charge is 0.496 e. The Morgan fingerprint density at radius 2 is 2.10 bits per heavy atom. The van der Waals surface area contributed by atoms with Crippen LogP contribution in [0.1, 0.15) is 37.6 Å². The average molecular weight is 414 g/mol. The molecule has 2 atom stereocenters. The van der Waals surface area contributed by atoms with Gasteiger partial charge in [-0.2, -0.15) is 0 Å². The zero-order valence-corrected chi connectivity index (χ0v) is 17.7. The lowest BCUT2D eigenvalue weighted by Gasteiger charge is -2.52. The normalized spacial score (nSPS) is 23.5. The van der Waals surface area contributed by atoms with E-state index in [1.807, 2.05) is 20.8 Å². The highest BCUT2D eigenvalue weighted by molar-refractivity contribution is 6.04. The van der Waals surface area contributed by atoms with Crippen LogP contribution in [0.3, 0.4) is 0 Å². The van der Waals surface area contributed by atoms with Crippen LogP contribution in [0.15, 0.2) is 29.1 Å². The zero-order valence-electron chi connectivity index (χ0n) is 17.7. The lowest BCUT2D eigenvalue weighted by Crippen LogP contribution is -2.67. The lowest BCUT2D eigenvalue weighted by atomic mass is 9.77. The molecule has 2 aliphatic heterocycles. The number of oxazole rings is 1. The maximum atomic E-state index is 13.5. The van der Waals surface area contributed by atoms with Crippen LogP contribution < -0.4 is 10.1 Å². The molecule has 1 saturated heterocycles. The van der Waals surface area contributed by atoms with E-state index in [0.29, 0.717) is 41.3 Å². The molecule has 0 aliphatic carbocycles. The van der Waals surface area contributed by atoms with Crippen molar-refractivity contribution in [1.29, 1.82) is 0 Å². The summed E-state index contributed by atoms with van der Waals surface area (Å²) in [5.41, 5.74) is 0.438. The van der Waals surface area contributed by atoms with Gasteiger partial charge in [0.15, 0.2) is 12.2 Å². The molecular formula is C21H26N4O5. The summed E-state index contributed by atoms with van der Waals surface area (Å²) in [5.74, 6) is 0.843. The van der Waals surface area contributed by atoms with E-state index < -0.39 is 23.2 Å². The van der Waals surface area contributed by atoms with Crippen LogP contribution in [-0.2, 0) is 0 Å². The van der Waals surface area contributed by atoms with Crippen molar-refractivity contribution in [1.82, 2.24) is 14.8 Å². The molecule has 9 nitrogen and oxygen atoms in total. The Hall–Kier alpha value is -3.23. The Bertz CT molecular complexity index is 998. The predicted molar refractivity (Wildman–Crippen MR) is 110 cm³/mol. The molecule has 160 valence electrons. The first-order chi connectivity index (χ1) is 14.1. The average Bonchev–Trinajstić information content (AvgIpc) is 3.33. The molecule has 2 amide bonds. The number of hydrogen-bond acceptors (Lipinski definition) is 6. The number of likely N-dealkylation sites (tertiary alicyclic amines) is 1. The third-order valence-electron chi connectivity index (χ3n) is 6.09. The highest BCUT2D eigenvalue weighted by Gasteiger charge is 2.59. The first-order valence-corrected chi connectivity index (χ1v) is 9.77. The smallest absolute Gasteiger partial charge is 0.407 e. The molecule has 1 aromatic carbocycles. The molecule has 0 bridgehead atoms. The van der Waals surface area contributed by atoms with Gasteiger partial charge in [0.05, 0.1) is 36.2 Å². The number of benzene rings is 1. The van der Waals surface area contributed by atoms with Crippen molar-refractivity contribution in [3.05, 3.63) is 30.3 Å². The number of likely N-dealkylation sites (N-methyl/N-ethyl adjacent to an activating group) is 1. The van der Waals surface area contributed by atoms with Crippen molar-refractivity contribution in [3.63, 3.8) is 0 Å². The van der Waals surface area contributed by atoms with E-state index in [1.165, 1.54) is 11.3 Å². The molecule has 1 spiro atoms. The van der Waals surface area contributed by atoms with Gasteiger partial charge in [-0.1, -0.05) is 20.8 Å². The van der Waals surface area contributed by atoms with Crippen LogP contribution in [-0.4, -0.2) is 64.3 Å². The summed E-state index contributed by atoms with van der Waals surface area (Å²) < 4.78 is 10.9. The standard InChI is InChI=1S/C21H26N4O5/c1-20(2,3)18-21(6-7-25(18)19(27)28)23-14-9-15(29-5)13(16-10-22-11-30-16)8-12(14)17(26)24(21)4/h8-11,18,23H,6-7H2,1-5H3,(H,27,28). The molecule has 1 fully saturated rings. The van der Waals surface area contributed by atoms with Gasteiger partial charge in [-0.3, -0.25) is 4.79 Å². The number of amides is 2. The number of methoxy groups -OCH3 is 1. The second kappa shape index (κ2) is 6.65. The van der Waals surface area contributed by atoms with Gasteiger partial charge < -0.3 is 29.4 Å². The van der Waals surface area contributed by atoms with Gasteiger partial charge in [0, 0.05) is 26.1 Å². The maximum absolute atomic E-state index is 13.5. The Morgan fingerprint density at radius 3 is 2.67 bits per heavy atom. The number of nitrogens with one attached hydrogen (secondary N) is 1. The summed E-state index contributed by atoms with van der Waals surface area (Å²) in [6.45, 7) is 6.31. The summed E-state index contributed by atoms with van der Waals surface area (Å²) in [6.07, 6.45) is 2.38. The maximum Gasteiger partial charge on any atom is 0.407 e. The summed E-state index contributed by atoms with van der Waals surface area (Å²) in [7, 11) is 3.27. The van der Waals surface area contributed by atoms with Crippen molar-refractivity contribution in [2.45, 2.75) is 38.9 Å². The first kappa shape index (κ1) is 20.1. The van der Waals surface area contributed by atoms with Gasteiger partial charge in [0.2, 0.25) is 0 Å². The summed E-state index contributed by atoms with van der Waals surface area (Å²) in [4.78, 5) is 32.5. The van der Waals surface area contributed by atoms with E-state index in [2.05, 4.69) is 10.3 Å². The number of carbonyl (C=O) groups is 2. The topological polar surface area (TPSA) is 108 Å². The van der Waals surface area contributed by atoms with Crippen molar-refractivity contribution >= 4 is 17.7 Å². The molecular weight excluding hydrogens is 388 g/mol. The number of nitrogens with zero attached hydrogens (tertiary/aromatic N) is 3. The molecule has 2 aromatic rings. The van der Waals surface area contributed by atoms with Crippen LogP contribution in [0, 0.1) is 5.41 Å². The van der Waals surface area contributed by atoms with Crippen LogP contribution >= 0.6 is 0 Å². The highest BCUT2D eigenvalue weighted by Crippen LogP contribution is 2.48. The SMILES string of the molecule is COc1cc2c(cc1-c1cnco1)C(=O)N(C)C1(CCN(C(=O)O)C1C(C)(C)C)N2. The van der Waals surface area contributed by atoms with Crippen molar-refractivity contribution in [2.75, 3.05) is 26.0 Å². The van der Waals surface area contributed by atoms with Gasteiger partial charge in [-0.25, -0.2) is 9.78 Å². The Morgan fingerprint density at radius 1 is 1.37 bits per heavy atom. The Kier molecular flexibility index (Phi) is 4.44. The quantitative estimate of drug-likeness (QED) is 0.776.